The number of benzene rings is 3. The molecule has 2 aromatic heterocycles. The summed E-state index contributed by atoms with van der Waals surface area (Å²) in [5, 5.41) is 4.80. The third-order valence-corrected chi connectivity index (χ3v) is 11.6. The topological polar surface area (TPSA) is 34.1 Å². The number of aryl methyl sites for hydroxylation is 2. The smallest absolute Gasteiger partial charge is 0.195 e. The van der Waals surface area contributed by atoms with Crippen LogP contribution in [0.2, 0.25) is 0 Å². The first-order valence-corrected chi connectivity index (χ1v) is 17.9. The van der Waals surface area contributed by atoms with Crippen molar-refractivity contribution in [3.63, 3.8) is 0 Å². The largest absolute Gasteiger partial charge is 0.289 e. The van der Waals surface area contributed by atoms with Crippen LogP contribution in [0.5, 0.6) is 0 Å². The molecule has 7 aromatic rings. The van der Waals surface area contributed by atoms with Crippen LogP contribution >= 0.6 is 22.7 Å². The summed E-state index contributed by atoms with van der Waals surface area (Å²) in [6, 6.07) is 25.7. The Balaban J connectivity index is 1.19. The lowest BCUT2D eigenvalue weighted by atomic mass is 10.0. The molecule has 0 bridgehead atoms. The van der Waals surface area contributed by atoms with E-state index >= 15 is 0 Å². The summed E-state index contributed by atoms with van der Waals surface area (Å²) in [6.07, 6.45) is 12.4. The average molecular weight is 615 g/mol. The van der Waals surface area contributed by atoms with E-state index in [1.807, 2.05) is 24.3 Å². The van der Waals surface area contributed by atoms with Crippen molar-refractivity contribution < 1.29 is 0 Å². The van der Waals surface area contributed by atoms with Crippen LogP contribution in [0.25, 0.3) is 62.6 Å². The average Bonchev–Trinajstić information content (AvgIpc) is 3.80. The summed E-state index contributed by atoms with van der Waals surface area (Å²) in [7, 11) is 0. The molecule has 0 spiro atoms. The van der Waals surface area contributed by atoms with Crippen LogP contribution in [0, 0.1) is 0 Å². The zero-order chi connectivity index (χ0) is 30.2. The molecule has 4 heteroatoms. The fraction of sp³-hybridized carbons (Fsp3) is 0.300. The molecule has 0 amide bonds. The molecule has 0 atom stereocenters. The number of hydrogen-bond donors (Lipinski definition) is 0. The maximum atomic E-state index is 13.6. The molecule has 222 valence electrons. The number of unbranched alkanes of at least 4 members (excludes halogenated alkanes) is 6. The van der Waals surface area contributed by atoms with Gasteiger partial charge in [-0.15, -0.1) is 22.7 Å². The fourth-order valence-electron chi connectivity index (χ4n) is 6.63. The highest BCUT2D eigenvalue weighted by Gasteiger charge is 2.20. The zero-order valence-corrected chi connectivity index (χ0v) is 27.3. The summed E-state index contributed by atoms with van der Waals surface area (Å²) in [6.45, 7) is 4.49. The molecule has 0 radical (unpaired) electrons. The van der Waals surface area contributed by atoms with Crippen molar-refractivity contribution >= 4 is 64.4 Å². The third kappa shape index (κ3) is 5.33. The predicted octanol–water partition coefficient (Wildman–Crippen LogP) is 11.6. The highest BCUT2D eigenvalue weighted by molar-refractivity contribution is 7.23. The Kier molecular flexibility index (Phi) is 8.22. The van der Waals surface area contributed by atoms with Crippen LogP contribution in [-0.2, 0) is 12.8 Å². The van der Waals surface area contributed by atoms with Crippen LogP contribution in [0.15, 0.2) is 82.4 Å². The summed E-state index contributed by atoms with van der Waals surface area (Å²) in [5.74, 6) is 0. The van der Waals surface area contributed by atoms with Crippen LogP contribution in [0.1, 0.15) is 76.3 Å². The van der Waals surface area contributed by atoms with Crippen molar-refractivity contribution in [3.05, 3.63) is 104 Å². The van der Waals surface area contributed by atoms with E-state index in [0.717, 1.165) is 75.4 Å². The molecule has 0 aliphatic heterocycles. The van der Waals surface area contributed by atoms with E-state index < -0.39 is 0 Å². The van der Waals surface area contributed by atoms with Crippen molar-refractivity contribution in [1.82, 2.24) is 0 Å². The Bertz CT molecular complexity index is 2010. The standard InChI is InChI=1S/C40H38O2S2/c1-3-5-7-9-11-25-13-17-27(18-14-25)35-23-33-37(41)29-22-32-30(21-31(29)39(33)43-35)38(42)34-24-36(44-40(32)34)28-19-15-26(16-20-28)12-10-8-6-4-2/h13-24H,3-12H2,1-2H3. The van der Waals surface area contributed by atoms with Gasteiger partial charge in [-0.25, -0.2) is 0 Å². The van der Waals surface area contributed by atoms with Gasteiger partial charge in [0.05, 0.1) is 0 Å². The van der Waals surface area contributed by atoms with E-state index in [1.54, 1.807) is 22.7 Å². The van der Waals surface area contributed by atoms with Gasteiger partial charge in [0.25, 0.3) is 0 Å². The highest BCUT2D eigenvalue weighted by Crippen LogP contribution is 2.42. The molecule has 7 rings (SSSR count). The van der Waals surface area contributed by atoms with E-state index in [0.29, 0.717) is 0 Å². The van der Waals surface area contributed by atoms with E-state index in [1.165, 1.54) is 62.5 Å². The molecule has 0 saturated carbocycles. The van der Waals surface area contributed by atoms with Crippen LogP contribution in [0.3, 0.4) is 0 Å². The lowest BCUT2D eigenvalue weighted by Gasteiger charge is -2.03. The minimum Gasteiger partial charge on any atom is -0.289 e. The van der Waals surface area contributed by atoms with E-state index in [4.69, 9.17) is 0 Å². The van der Waals surface area contributed by atoms with Crippen molar-refractivity contribution in [2.75, 3.05) is 0 Å². The summed E-state index contributed by atoms with van der Waals surface area (Å²) < 4.78 is 1.98. The minimum atomic E-state index is 0.0695. The Labute approximate surface area is 266 Å². The highest BCUT2D eigenvalue weighted by atomic mass is 32.1. The van der Waals surface area contributed by atoms with E-state index in [-0.39, 0.29) is 10.9 Å². The maximum absolute atomic E-state index is 13.6. The quantitative estimate of drug-likeness (QED) is 0.128. The molecule has 0 fully saturated rings. The third-order valence-electron chi connectivity index (χ3n) is 9.20. The van der Waals surface area contributed by atoms with Crippen molar-refractivity contribution in [1.29, 1.82) is 0 Å². The summed E-state index contributed by atoms with van der Waals surface area (Å²) >= 11 is 3.33. The molecule has 44 heavy (non-hydrogen) atoms. The van der Waals surface area contributed by atoms with Gasteiger partial charge >= 0.3 is 0 Å². The first kappa shape index (κ1) is 29.1. The number of fused-ring (bicyclic) bond motifs is 6. The van der Waals surface area contributed by atoms with Crippen molar-refractivity contribution in [2.45, 2.75) is 78.1 Å². The molecule has 2 nitrogen and oxygen atoms in total. The van der Waals surface area contributed by atoms with Crippen molar-refractivity contribution in [3.8, 4) is 20.9 Å². The first-order valence-electron chi connectivity index (χ1n) is 16.3. The zero-order valence-electron chi connectivity index (χ0n) is 25.6. The van der Waals surface area contributed by atoms with Gasteiger partial charge in [0.1, 0.15) is 0 Å². The minimum absolute atomic E-state index is 0.0695. The van der Waals surface area contributed by atoms with Crippen LogP contribution in [0.4, 0.5) is 0 Å². The predicted molar refractivity (Wildman–Crippen MR) is 194 cm³/mol. The first-order chi connectivity index (χ1) is 21.6. The van der Waals surface area contributed by atoms with Gasteiger partial charge in [0.2, 0.25) is 0 Å². The lowest BCUT2D eigenvalue weighted by Crippen LogP contribution is -1.95. The fourth-order valence-corrected chi connectivity index (χ4v) is 9.01. The van der Waals surface area contributed by atoms with E-state index in [9.17, 15) is 9.59 Å². The number of thiophene rings is 2. The Morgan fingerprint density at radius 2 is 0.864 bits per heavy atom. The summed E-state index contributed by atoms with van der Waals surface area (Å²) in [5.41, 5.74) is 5.17. The molecule has 2 heterocycles. The lowest BCUT2D eigenvalue weighted by molar-refractivity contribution is 0.667. The molecular formula is C40H38O2S2. The van der Waals surface area contributed by atoms with Gasteiger partial charge in [-0.2, -0.15) is 0 Å². The molecule has 0 unspecified atom stereocenters. The van der Waals surface area contributed by atoms with Crippen molar-refractivity contribution in [2.24, 2.45) is 0 Å². The van der Waals surface area contributed by atoms with Gasteiger partial charge in [0.15, 0.2) is 10.9 Å². The van der Waals surface area contributed by atoms with Gasteiger partial charge in [0, 0.05) is 51.5 Å². The van der Waals surface area contributed by atoms with Gasteiger partial charge < -0.3 is 0 Å². The monoisotopic (exact) mass is 614 g/mol. The number of hydrogen-bond acceptors (Lipinski definition) is 4. The Morgan fingerprint density at radius 1 is 0.455 bits per heavy atom. The SMILES string of the molecule is CCCCCCc1ccc(-c2cc3c(=O)c4cc5c(cc4c3s2)c(=O)c2cc(-c3ccc(CCCCCC)cc3)sc25)cc1. The summed E-state index contributed by atoms with van der Waals surface area (Å²) in [4.78, 5) is 29.5. The van der Waals surface area contributed by atoms with Crippen LogP contribution < -0.4 is 10.9 Å². The number of rotatable bonds is 12. The molecule has 5 aromatic carbocycles. The van der Waals surface area contributed by atoms with Gasteiger partial charge in [-0.1, -0.05) is 101 Å². The molecule has 0 aliphatic rings. The van der Waals surface area contributed by atoms with Crippen LogP contribution in [-0.4, -0.2) is 0 Å². The second-order valence-electron chi connectivity index (χ2n) is 12.3. The van der Waals surface area contributed by atoms with Gasteiger partial charge in [-0.05, 0) is 72.2 Å². The molecule has 0 N–H and O–H groups in total. The molecular weight excluding hydrogens is 577 g/mol. The van der Waals surface area contributed by atoms with E-state index in [2.05, 4.69) is 62.4 Å². The second kappa shape index (κ2) is 12.4. The second-order valence-corrected chi connectivity index (χ2v) is 14.4. The molecule has 0 aliphatic carbocycles. The van der Waals surface area contributed by atoms with Gasteiger partial charge in [-0.3, -0.25) is 9.59 Å². The normalized spacial score (nSPS) is 12.0. The Hall–Kier alpha value is -3.60. The maximum Gasteiger partial charge on any atom is 0.195 e. The molecule has 0 saturated heterocycles. The Morgan fingerprint density at radius 3 is 1.25 bits per heavy atom.